The molecule has 0 aliphatic heterocycles. The van der Waals surface area contributed by atoms with Crippen molar-refractivity contribution in [3.05, 3.63) is 64.8 Å². The Morgan fingerprint density at radius 3 is 2.80 bits per heavy atom. The molecule has 1 aromatic heterocycles. The van der Waals surface area contributed by atoms with Gasteiger partial charge < -0.3 is 10.4 Å². The van der Waals surface area contributed by atoms with Gasteiger partial charge in [-0.25, -0.2) is 0 Å². The second-order valence-electron chi connectivity index (χ2n) is 4.56. The SMILES string of the molecule is Oc1ccc(CNc2cnc3ccccc3c2)cc1Br. The molecule has 0 bridgehead atoms. The Morgan fingerprint density at radius 2 is 1.95 bits per heavy atom. The zero-order chi connectivity index (χ0) is 13.9. The van der Waals surface area contributed by atoms with Gasteiger partial charge in [-0.05, 0) is 45.8 Å². The van der Waals surface area contributed by atoms with Gasteiger partial charge in [-0.1, -0.05) is 24.3 Å². The summed E-state index contributed by atoms with van der Waals surface area (Å²) in [4.78, 5) is 4.41. The summed E-state index contributed by atoms with van der Waals surface area (Å²) < 4.78 is 0.702. The summed E-state index contributed by atoms with van der Waals surface area (Å²) in [5, 5.41) is 13.9. The quantitative estimate of drug-likeness (QED) is 0.752. The molecule has 0 saturated heterocycles. The lowest BCUT2D eigenvalue weighted by Gasteiger charge is -2.08. The number of aromatic nitrogens is 1. The molecule has 0 unspecified atom stereocenters. The number of benzene rings is 2. The lowest BCUT2D eigenvalue weighted by Crippen LogP contribution is -1.99. The molecule has 0 spiro atoms. The van der Waals surface area contributed by atoms with E-state index in [0.29, 0.717) is 11.0 Å². The number of aromatic hydroxyl groups is 1. The molecule has 3 rings (SSSR count). The number of hydrogen-bond acceptors (Lipinski definition) is 3. The van der Waals surface area contributed by atoms with Gasteiger partial charge in [0.05, 0.1) is 21.9 Å². The van der Waals surface area contributed by atoms with Crippen LogP contribution in [-0.2, 0) is 6.54 Å². The highest BCUT2D eigenvalue weighted by molar-refractivity contribution is 9.10. The van der Waals surface area contributed by atoms with Gasteiger partial charge in [-0.15, -0.1) is 0 Å². The summed E-state index contributed by atoms with van der Waals surface area (Å²) in [5.74, 6) is 0.251. The van der Waals surface area contributed by atoms with Crippen LogP contribution < -0.4 is 5.32 Å². The van der Waals surface area contributed by atoms with Crippen LogP contribution in [0.1, 0.15) is 5.56 Å². The van der Waals surface area contributed by atoms with Crippen molar-refractivity contribution in [3.8, 4) is 5.75 Å². The fourth-order valence-corrected chi connectivity index (χ4v) is 2.46. The number of nitrogens with one attached hydrogen (secondary N) is 1. The highest BCUT2D eigenvalue weighted by Gasteiger charge is 2.01. The van der Waals surface area contributed by atoms with Crippen molar-refractivity contribution in [3.63, 3.8) is 0 Å². The Hall–Kier alpha value is -2.07. The third-order valence-corrected chi connectivity index (χ3v) is 3.73. The van der Waals surface area contributed by atoms with Crippen LogP contribution in [0.2, 0.25) is 0 Å². The molecule has 2 aromatic carbocycles. The molecule has 0 saturated carbocycles. The van der Waals surface area contributed by atoms with E-state index in [2.05, 4.69) is 32.3 Å². The first kappa shape index (κ1) is 12.9. The molecule has 3 aromatic rings. The van der Waals surface area contributed by atoms with E-state index in [4.69, 9.17) is 0 Å². The van der Waals surface area contributed by atoms with Crippen LogP contribution in [-0.4, -0.2) is 10.1 Å². The Morgan fingerprint density at radius 1 is 1.10 bits per heavy atom. The molecule has 20 heavy (non-hydrogen) atoms. The van der Waals surface area contributed by atoms with Gasteiger partial charge in [0.1, 0.15) is 5.75 Å². The molecular formula is C16H13BrN2O. The highest BCUT2D eigenvalue weighted by Crippen LogP contribution is 2.25. The normalized spacial score (nSPS) is 10.7. The van der Waals surface area contributed by atoms with E-state index < -0.39 is 0 Å². The number of rotatable bonds is 3. The van der Waals surface area contributed by atoms with Gasteiger partial charge in [-0.3, -0.25) is 4.98 Å². The summed E-state index contributed by atoms with van der Waals surface area (Å²) in [5.41, 5.74) is 3.06. The van der Waals surface area contributed by atoms with Crippen molar-refractivity contribution in [2.24, 2.45) is 0 Å². The Balaban J connectivity index is 1.77. The summed E-state index contributed by atoms with van der Waals surface area (Å²) >= 11 is 3.31. The van der Waals surface area contributed by atoms with Crippen molar-refractivity contribution in [1.29, 1.82) is 0 Å². The zero-order valence-corrected chi connectivity index (χ0v) is 12.3. The maximum atomic E-state index is 9.47. The van der Waals surface area contributed by atoms with Crippen LogP contribution in [0, 0.1) is 0 Å². The van der Waals surface area contributed by atoms with Crippen molar-refractivity contribution < 1.29 is 5.11 Å². The number of fused-ring (bicyclic) bond motifs is 1. The van der Waals surface area contributed by atoms with Crippen LogP contribution >= 0.6 is 15.9 Å². The average molecular weight is 329 g/mol. The molecule has 4 heteroatoms. The fourth-order valence-electron chi connectivity index (χ4n) is 2.03. The largest absolute Gasteiger partial charge is 0.507 e. The van der Waals surface area contributed by atoms with E-state index in [1.165, 1.54) is 0 Å². The van der Waals surface area contributed by atoms with E-state index in [1.807, 2.05) is 42.6 Å². The van der Waals surface area contributed by atoms with Crippen LogP contribution in [0.3, 0.4) is 0 Å². The fraction of sp³-hybridized carbons (Fsp3) is 0.0625. The van der Waals surface area contributed by atoms with Crippen LogP contribution in [0.25, 0.3) is 10.9 Å². The Labute approximate surface area is 125 Å². The molecule has 0 aliphatic carbocycles. The summed E-state index contributed by atoms with van der Waals surface area (Å²) in [7, 11) is 0. The van der Waals surface area contributed by atoms with E-state index in [1.54, 1.807) is 6.07 Å². The van der Waals surface area contributed by atoms with Crippen LogP contribution in [0.15, 0.2) is 59.2 Å². The molecule has 0 aliphatic rings. The molecule has 0 amide bonds. The summed E-state index contributed by atoms with van der Waals surface area (Å²) in [6, 6.07) is 15.6. The van der Waals surface area contributed by atoms with Crippen molar-refractivity contribution in [1.82, 2.24) is 4.98 Å². The summed E-state index contributed by atoms with van der Waals surface area (Å²) in [6.07, 6.45) is 1.83. The van der Waals surface area contributed by atoms with Gasteiger partial charge in [-0.2, -0.15) is 0 Å². The standard InChI is InChI=1S/C16H13BrN2O/c17-14-7-11(5-6-16(14)20)9-18-13-8-12-3-1-2-4-15(12)19-10-13/h1-8,10,18,20H,9H2. The summed E-state index contributed by atoms with van der Waals surface area (Å²) in [6.45, 7) is 0.679. The molecule has 2 N–H and O–H groups in total. The van der Waals surface area contributed by atoms with Gasteiger partial charge in [0, 0.05) is 11.9 Å². The van der Waals surface area contributed by atoms with Gasteiger partial charge >= 0.3 is 0 Å². The monoisotopic (exact) mass is 328 g/mol. The zero-order valence-electron chi connectivity index (χ0n) is 10.7. The van der Waals surface area contributed by atoms with E-state index in [-0.39, 0.29) is 5.75 Å². The lowest BCUT2D eigenvalue weighted by atomic mass is 10.2. The molecule has 0 radical (unpaired) electrons. The maximum absolute atomic E-state index is 9.47. The topological polar surface area (TPSA) is 45.1 Å². The lowest BCUT2D eigenvalue weighted by molar-refractivity contribution is 0.471. The second-order valence-corrected chi connectivity index (χ2v) is 5.41. The third kappa shape index (κ3) is 2.75. The Bertz CT molecular complexity index is 758. The van der Waals surface area contributed by atoms with Gasteiger partial charge in [0.15, 0.2) is 0 Å². The number of phenolic OH excluding ortho intramolecular Hbond substituents is 1. The van der Waals surface area contributed by atoms with Crippen molar-refractivity contribution in [2.75, 3.05) is 5.32 Å². The Kier molecular flexibility index (Phi) is 3.56. The number of phenols is 1. The molecule has 0 atom stereocenters. The second kappa shape index (κ2) is 5.51. The molecule has 100 valence electrons. The number of pyridine rings is 1. The molecule has 1 heterocycles. The molecule has 3 nitrogen and oxygen atoms in total. The van der Waals surface area contributed by atoms with E-state index in [0.717, 1.165) is 22.2 Å². The van der Waals surface area contributed by atoms with Crippen LogP contribution in [0.4, 0.5) is 5.69 Å². The van der Waals surface area contributed by atoms with E-state index >= 15 is 0 Å². The molecule has 0 fully saturated rings. The predicted octanol–water partition coefficient (Wildman–Crippen LogP) is 4.32. The number of nitrogens with zero attached hydrogens (tertiary/aromatic N) is 1. The van der Waals surface area contributed by atoms with Gasteiger partial charge in [0.25, 0.3) is 0 Å². The first-order valence-electron chi connectivity index (χ1n) is 6.28. The first-order chi connectivity index (χ1) is 9.72. The number of anilines is 1. The molecular weight excluding hydrogens is 316 g/mol. The minimum atomic E-state index is 0.251. The number of hydrogen-bond donors (Lipinski definition) is 2. The van der Waals surface area contributed by atoms with E-state index in [9.17, 15) is 5.11 Å². The van der Waals surface area contributed by atoms with Gasteiger partial charge in [0.2, 0.25) is 0 Å². The van der Waals surface area contributed by atoms with Crippen molar-refractivity contribution in [2.45, 2.75) is 6.54 Å². The average Bonchev–Trinajstić information content (AvgIpc) is 2.48. The minimum absolute atomic E-state index is 0.251. The smallest absolute Gasteiger partial charge is 0.129 e. The number of para-hydroxylation sites is 1. The number of halogens is 1. The van der Waals surface area contributed by atoms with Crippen LogP contribution in [0.5, 0.6) is 5.75 Å². The highest BCUT2D eigenvalue weighted by atomic mass is 79.9. The maximum Gasteiger partial charge on any atom is 0.129 e. The minimum Gasteiger partial charge on any atom is -0.507 e. The third-order valence-electron chi connectivity index (χ3n) is 3.10. The first-order valence-corrected chi connectivity index (χ1v) is 7.08. The predicted molar refractivity (Wildman–Crippen MR) is 84.9 cm³/mol. The van der Waals surface area contributed by atoms with Crippen molar-refractivity contribution >= 4 is 32.5 Å².